The minimum atomic E-state index is -0.374. The van der Waals surface area contributed by atoms with Gasteiger partial charge in [0.05, 0.1) is 0 Å². The standard InChI is InChI=1S/C12H14N4O3/c1-2-14-12(17)11-15-10(19-16-11)7-18-9-5-3-4-8(13)6-9/h3-6H,2,7,13H2,1H3,(H,14,17). The van der Waals surface area contributed by atoms with Crippen molar-refractivity contribution in [2.45, 2.75) is 13.5 Å². The molecule has 1 amide bonds. The van der Waals surface area contributed by atoms with Gasteiger partial charge in [0.15, 0.2) is 6.61 Å². The van der Waals surface area contributed by atoms with Crippen LogP contribution >= 0.6 is 0 Å². The van der Waals surface area contributed by atoms with E-state index in [4.69, 9.17) is 15.0 Å². The molecule has 0 fully saturated rings. The van der Waals surface area contributed by atoms with Crippen LogP contribution in [0.5, 0.6) is 5.75 Å². The number of carbonyl (C=O) groups is 1. The van der Waals surface area contributed by atoms with E-state index in [9.17, 15) is 4.79 Å². The van der Waals surface area contributed by atoms with Crippen molar-refractivity contribution in [1.82, 2.24) is 15.5 Å². The number of nitrogen functional groups attached to an aromatic ring is 1. The molecule has 19 heavy (non-hydrogen) atoms. The van der Waals surface area contributed by atoms with Crippen LogP contribution in [0.4, 0.5) is 5.69 Å². The molecule has 0 saturated carbocycles. The van der Waals surface area contributed by atoms with Crippen LogP contribution in [0.1, 0.15) is 23.4 Å². The molecule has 2 aromatic rings. The van der Waals surface area contributed by atoms with Crippen LogP contribution in [0.25, 0.3) is 0 Å². The Morgan fingerprint density at radius 1 is 1.53 bits per heavy atom. The van der Waals surface area contributed by atoms with Crippen molar-refractivity contribution >= 4 is 11.6 Å². The summed E-state index contributed by atoms with van der Waals surface area (Å²) in [5.41, 5.74) is 6.22. The van der Waals surface area contributed by atoms with Gasteiger partial charge in [-0.1, -0.05) is 11.2 Å². The van der Waals surface area contributed by atoms with Gasteiger partial charge in [-0.3, -0.25) is 4.79 Å². The summed E-state index contributed by atoms with van der Waals surface area (Å²) in [5, 5.41) is 6.14. The Bertz CT molecular complexity index is 568. The average molecular weight is 262 g/mol. The van der Waals surface area contributed by atoms with Crippen molar-refractivity contribution in [2.24, 2.45) is 0 Å². The molecule has 0 aliphatic heterocycles. The lowest BCUT2D eigenvalue weighted by atomic mass is 10.3. The Balaban J connectivity index is 1.95. The summed E-state index contributed by atoms with van der Waals surface area (Å²) in [6.45, 7) is 2.39. The Labute approximate surface area is 109 Å². The molecule has 0 bridgehead atoms. The molecule has 0 unspecified atom stereocenters. The van der Waals surface area contributed by atoms with E-state index in [2.05, 4.69) is 15.5 Å². The maximum Gasteiger partial charge on any atom is 0.292 e. The van der Waals surface area contributed by atoms with E-state index in [1.165, 1.54) is 0 Å². The smallest absolute Gasteiger partial charge is 0.292 e. The van der Waals surface area contributed by atoms with Crippen LogP contribution in [0.3, 0.4) is 0 Å². The molecular weight excluding hydrogens is 248 g/mol. The molecule has 0 aliphatic rings. The molecule has 1 heterocycles. The monoisotopic (exact) mass is 262 g/mol. The van der Waals surface area contributed by atoms with E-state index in [-0.39, 0.29) is 24.2 Å². The van der Waals surface area contributed by atoms with Crippen molar-refractivity contribution < 1.29 is 14.1 Å². The molecule has 7 heteroatoms. The molecule has 0 atom stereocenters. The Morgan fingerprint density at radius 3 is 3.11 bits per heavy atom. The highest BCUT2D eigenvalue weighted by atomic mass is 16.5. The van der Waals surface area contributed by atoms with Gasteiger partial charge in [-0.05, 0) is 19.1 Å². The highest BCUT2D eigenvalue weighted by molar-refractivity contribution is 5.90. The van der Waals surface area contributed by atoms with Gasteiger partial charge < -0.3 is 20.3 Å². The van der Waals surface area contributed by atoms with Crippen LogP contribution in [-0.4, -0.2) is 22.6 Å². The van der Waals surface area contributed by atoms with Crippen molar-refractivity contribution in [1.29, 1.82) is 0 Å². The number of carbonyl (C=O) groups excluding carboxylic acids is 1. The fourth-order valence-corrected chi connectivity index (χ4v) is 1.39. The summed E-state index contributed by atoms with van der Waals surface area (Å²) in [5.74, 6) is 0.441. The third-order valence-corrected chi connectivity index (χ3v) is 2.23. The second-order valence-electron chi connectivity index (χ2n) is 3.73. The fraction of sp³-hybridized carbons (Fsp3) is 0.250. The van der Waals surface area contributed by atoms with Crippen molar-refractivity contribution in [3.8, 4) is 5.75 Å². The van der Waals surface area contributed by atoms with Crippen LogP contribution in [0.2, 0.25) is 0 Å². The third-order valence-electron chi connectivity index (χ3n) is 2.23. The normalized spacial score (nSPS) is 10.2. The van der Waals surface area contributed by atoms with Gasteiger partial charge in [0.2, 0.25) is 0 Å². The highest BCUT2D eigenvalue weighted by Gasteiger charge is 2.13. The summed E-state index contributed by atoms with van der Waals surface area (Å²) >= 11 is 0. The van der Waals surface area contributed by atoms with E-state index >= 15 is 0 Å². The first-order valence-corrected chi connectivity index (χ1v) is 5.78. The second-order valence-corrected chi connectivity index (χ2v) is 3.73. The van der Waals surface area contributed by atoms with E-state index in [1.54, 1.807) is 24.3 Å². The topological polar surface area (TPSA) is 103 Å². The molecule has 0 spiro atoms. The third kappa shape index (κ3) is 3.44. The average Bonchev–Trinajstić information content (AvgIpc) is 2.86. The van der Waals surface area contributed by atoms with Crippen molar-refractivity contribution in [3.05, 3.63) is 36.0 Å². The molecule has 2 rings (SSSR count). The summed E-state index contributed by atoms with van der Waals surface area (Å²) in [7, 11) is 0. The zero-order chi connectivity index (χ0) is 13.7. The highest BCUT2D eigenvalue weighted by Crippen LogP contribution is 2.15. The second kappa shape index (κ2) is 5.85. The lowest BCUT2D eigenvalue weighted by Gasteiger charge is -2.03. The number of nitrogens with one attached hydrogen (secondary N) is 1. The molecular formula is C12H14N4O3. The zero-order valence-electron chi connectivity index (χ0n) is 10.4. The number of rotatable bonds is 5. The predicted molar refractivity (Wildman–Crippen MR) is 67.5 cm³/mol. The van der Waals surface area contributed by atoms with Gasteiger partial charge in [-0.2, -0.15) is 4.98 Å². The molecule has 0 radical (unpaired) electrons. The Hall–Kier alpha value is -2.57. The van der Waals surface area contributed by atoms with Gasteiger partial charge in [-0.25, -0.2) is 0 Å². The van der Waals surface area contributed by atoms with Crippen LogP contribution in [0, 0.1) is 0 Å². The molecule has 3 N–H and O–H groups in total. The van der Waals surface area contributed by atoms with Gasteiger partial charge >= 0.3 is 0 Å². The first kappa shape index (κ1) is 12.9. The number of hydrogen-bond donors (Lipinski definition) is 2. The van der Waals surface area contributed by atoms with E-state index in [0.29, 0.717) is 18.0 Å². The quantitative estimate of drug-likeness (QED) is 0.778. The number of aromatic nitrogens is 2. The van der Waals surface area contributed by atoms with E-state index in [1.807, 2.05) is 6.92 Å². The maximum atomic E-state index is 11.4. The number of hydrogen-bond acceptors (Lipinski definition) is 6. The Kier molecular flexibility index (Phi) is 3.97. The largest absolute Gasteiger partial charge is 0.484 e. The first-order valence-electron chi connectivity index (χ1n) is 5.78. The zero-order valence-corrected chi connectivity index (χ0v) is 10.4. The predicted octanol–water partition coefficient (Wildman–Crippen LogP) is 0.981. The van der Waals surface area contributed by atoms with E-state index in [0.717, 1.165) is 0 Å². The van der Waals surface area contributed by atoms with Gasteiger partial charge in [0, 0.05) is 18.3 Å². The number of nitrogens with zero attached hydrogens (tertiary/aromatic N) is 2. The van der Waals surface area contributed by atoms with Crippen LogP contribution in [0.15, 0.2) is 28.8 Å². The van der Waals surface area contributed by atoms with Gasteiger partial charge in [0.25, 0.3) is 17.6 Å². The van der Waals surface area contributed by atoms with E-state index < -0.39 is 0 Å². The van der Waals surface area contributed by atoms with Gasteiger partial charge in [-0.15, -0.1) is 0 Å². The molecule has 100 valence electrons. The molecule has 1 aromatic heterocycles. The Morgan fingerprint density at radius 2 is 2.37 bits per heavy atom. The lowest BCUT2D eigenvalue weighted by molar-refractivity contribution is 0.0942. The fourth-order valence-electron chi connectivity index (χ4n) is 1.39. The summed E-state index contributed by atoms with van der Waals surface area (Å²) in [6, 6.07) is 6.98. The van der Waals surface area contributed by atoms with Gasteiger partial charge in [0.1, 0.15) is 5.75 Å². The first-order chi connectivity index (χ1) is 9.19. The number of anilines is 1. The minimum Gasteiger partial charge on any atom is -0.484 e. The number of ether oxygens (including phenoxy) is 1. The number of nitrogens with two attached hydrogens (primary N) is 1. The lowest BCUT2D eigenvalue weighted by Crippen LogP contribution is -2.23. The SMILES string of the molecule is CCNC(=O)c1noc(COc2cccc(N)c2)n1. The minimum absolute atomic E-state index is 0.00646. The number of amides is 1. The number of benzene rings is 1. The molecule has 0 saturated heterocycles. The molecule has 1 aromatic carbocycles. The summed E-state index contributed by atoms with van der Waals surface area (Å²) in [6.07, 6.45) is 0. The summed E-state index contributed by atoms with van der Waals surface area (Å²) < 4.78 is 10.3. The molecule has 7 nitrogen and oxygen atoms in total. The molecule has 0 aliphatic carbocycles. The van der Waals surface area contributed by atoms with Crippen molar-refractivity contribution in [3.63, 3.8) is 0 Å². The van der Waals surface area contributed by atoms with Crippen LogP contribution in [-0.2, 0) is 6.61 Å². The maximum absolute atomic E-state index is 11.4. The van der Waals surface area contributed by atoms with Crippen molar-refractivity contribution in [2.75, 3.05) is 12.3 Å². The summed E-state index contributed by atoms with van der Waals surface area (Å²) in [4.78, 5) is 15.3. The van der Waals surface area contributed by atoms with Crippen LogP contribution < -0.4 is 15.8 Å².